The number of carbonyl (C=O) groups is 2. The maximum Gasteiger partial charge on any atom is 0.244 e. The van der Waals surface area contributed by atoms with Crippen LogP contribution in [-0.4, -0.2) is 62.2 Å². The number of hydrogen-bond acceptors (Lipinski definition) is 6. The molecule has 11 heteroatoms. The van der Waals surface area contributed by atoms with Crippen LogP contribution in [0.25, 0.3) is 0 Å². The summed E-state index contributed by atoms with van der Waals surface area (Å²) >= 11 is 6.15. The van der Waals surface area contributed by atoms with Crippen molar-refractivity contribution < 1.29 is 27.5 Å². The van der Waals surface area contributed by atoms with Gasteiger partial charge in [-0.2, -0.15) is 0 Å². The Morgan fingerprint density at radius 1 is 1.08 bits per heavy atom. The Balaban J connectivity index is 1.96. The summed E-state index contributed by atoms with van der Waals surface area (Å²) in [6.45, 7) is 8.97. The number of ether oxygens (including phenoxy) is 2. The number of sulfonamides is 1. The quantitative estimate of drug-likeness (QED) is 0.510. The van der Waals surface area contributed by atoms with Gasteiger partial charge in [-0.05, 0) is 64.4 Å². The summed E-state index contributed by atoms with van der Waals surface area (Å²) in [4.78, 5) is 28.1. The highest BCUT2D eigenvalue weighted by Crippen LogP contribution is 2.35. The largest absolute Gasteiger partial charge is 0.486 e. The number of hydrogen-bond donors (Lipinski definition) is 1. The van der Waals surface area contributed by atoms with E-state index in [2.05, 4.69) is 5.32 Å². The number of nitrogens with zero attached hydrogens (tertiary/aromatic N) is 2. The molecular weight excluding hydrogens is 518 g/mol. The van der Waals surface area contributed by atoms with Crippen LogP contribution in [0.4, 0.5) is 5.69 Å². The van der Waals surface area contributed by atoms with Crippen LogP contribution in [0.1, 0.15) is 40.2 Å². The van der Waals surface area contributed by atoms with Gasteiger partial charge in [0.15, 0.2) is 11.5 Å². The summed E-state index contributed by atoms with van der Waals surface area (Å²) < 4.78 is 38.4. The fraction of sp³-hybridized carbons (Fsp3) is 0.462. The van der Waals surface area contributed by atoms with E-state index in [1.165, 1.54) is 11.8 Å². The molecule has 2 aromatic carbocycles. The van der Waals surface area contributed by atoms with Crippen molar-refractivity contribution >= 4 is 39.1 Å². The lowest BCUT2D eigenvalue weighted by Gasteiger charge is -2.33. The Kier molecular flexibility index (Phi) is 8.96. The van der Waals surface area contributed by atoms with Gasteiger partial charge in [0.05, 0.1) is 11.4 Å². The first-order chi connectivity index (χ1) is 17.3. The van der Waals surface area contributed by atoms with Crippen molar-refractivity contribution in [2.75, 3.05) is 29.8 Å². The first-order valence-electron chi connectivity index (χ1n) is 12.1. The molecule has 2 amide bonds. The molecule has 2 aromatic rings. The molecule has 1 aliphatic rings. The van der Waals surface area contributed by atoms with Gasteiger partial charge >= 0.3 is 0 Å². The summed E-state index contributed by atoms with van der Waals surface area (Å²) in [7, 11) is -3.85. The number of rotatable bonds is 9. The Labute approximate surface area is 223 Å². The molecule has 37 heavy (non-hydrogen) atoms. The van der Waals surface area contributed by atoms with E-state index in [-0.39, 0.29) is 23.9 Å². The molecule has 0 bridgehead atoms. The second-order valence-electron chi connectivity index (χ2n) is 9.80. The summed E-state index contributed by atoms with van der Waals surface area (Å²) in [5.74, 6) is -0.203. The molecule has 0 saturated carbocycles. The number of amides is 2. The van der Waals surface area contributed by atoms with Gasteiger partial charge in [-0.25, -0.2) is 8.42 Å². The first kappa shape index (κ1) is 28.6. The molecule has 0 aromatic heterocycles. The lowest BCUT2D eigenvalue weighted by atomic mass is 10.1. The van der Waals surface area contributed by atoms with Crippen molar-refractivity contribution in [1.29, 1.82) is 0 Å². The second kappa shape index (κ2) is 11.6. The molecule has 202 valence electrons. The average Bonchev–Trinajstić information content (AvgIpc) is 2.84. The summed E-state index contributed by atoms with van der Waals surface area (Å²) in [5, 5.41) is 3.38. The van der Waals surface area contributed by atoms with Crippen molar-refractivity contribution in [1.82, 2.24) is 10.2 Å². The average molecular weight is 552 g/mol. The zero-order valence-electron chi connectivity index (χ0n) is 21.8. The highest BCUT2D eigenvalue weighted by molar-refractivity contribution is 7.92. The van der Waals surface area contributed by atoms with Crippen LogP contribution < -0.4 is 19.1 Å². The molecular formula is C26H34ClN3O6S. The molecule has 0 spiro atoms. The molecule has 0 fully saturated rings. The number of nitrogens with one attached hydrogen (secondary N) is 1. The van der Waals surface area contributed by atoms with Gasteiger partial charge in [0.2, 0.25) is 21.8 Å². The second-order valence-corrected chi connectivity index (χ2v) is 12.4. The third kappa shape index (κ3) is 7.52. The van der Waals surface area contributed by atoms with Crippen molar-refractivity contribution in [3.8, 4) is 11.5 Å². The van der Waals surface area contributed by atoms with E-state index in [9.17, 15) is 18.0 Å². The van der Waals surface area contributed by atoms with Gasteiger partial charge in [0.25, 0.3) is 0 Å². The zero-order valence-corrected chi connectivity index (χ0v) is 23.4. The Morgan fingerprint density at radius 3 is 2.38 bits per heavy atom. The van der Waals surface area contributed by atoms with Crippen molar-refractivity contribution in [2.24, 2.45) is 0 Å². The molecule has 9 nitrogen and oxygen atoms in total. The van der Waals surface area contributed by atoms with Gasteiger partial charge in [0.1, 0.15) is 25.8 Å². The van der Waals surface area contributed by atoms with Crippen molar-refractivity contribution in [3.63, 3.8) is 0 Å². The monoisotopic (exact) mass is 551 g/mol. The van der Waals surface area contributed by atoms with Gasteiger partial charge in [0, 0.05) is 23.2 Å². The number of halogens is 1. The molecule has 0 unspecified atom stereocenters. The molecule has 1 N–H and O–H groups in total. The summed E-state index contributed by atoms with van der Waals surface area (Å²) in [5.41, 5.74) is 0.466. The Bertz CT molecular complexity index is 1250. The van der Waals surface area contributed by atoms with Crippen LogP contribution in [-0.2, 0) is 26.2 Å². The van der Waals surface area contributed by atoms with Gasteiger partial charge < -0.3 is 19.7 Å². The minimum Gasteiger partial charge on any atom is -0.486 e. The summed E-state index contributed by atoms with van der Waals surface area (Å²) in [6.07, 6.45) is 0. The zero-order chi connectivity index (χ0) is 27.4. The molecule has 3 rings (SSSR count). The minimum atomic E-state index is -3.85. The number of anilines is 1. The highest BCUT2D eigenvalue weighted by atomic mass is 35.5. The van der Waals surface area contributed by atoms with Gasteiger partial charge in [-0.15, -0.1) is 0 Å². The maximum absolute atomic E-state index is 13.7. The van der Waals surface area contributed by atoms with Crippen molar-refractivity contribution in [2.45, 2.75) is 52.7 Å². The van der Waals surface area contributed by atoms with Crippen LogP contribution in [0.3, 0.4) is 0 Å². The SMILES string of the molecule is CCS(=O)(=O)N(CC(=O)N(Cc1cccc(Cl)c1)[C@H](C)C(=O)NC(C)(C)C)c1ccc2c(c1)OCCO2. The van der Waals surface area contributed by atoms with E-state index in [0.717, 1.165) is 4.31 Å². The van der Waals surface area contributed by atoms with E-state index >= 15 is 0 Å². The lowest BCUT2D eigenvalue weighted by molar-refractivity contribution is -0.140. The molecule has 1 atom stereocenters. The third-order valence-corrected chi connectivity index (χ3v) is 7.68. The smallest absolute Gasteiger partial charge is 0.244 e. The van der Waals surface area contributed by atoms with Crippen LogP contribution in [0, 0.1) is 0 Å². The Hall–Kier alpha value is -2.98. The molecule has 0 aliphatic carbocycles. The molecule has 0 saturated heterocycles. The first-order valence-corrected chi connectivity index (χ1v) is 14.1. The number of benzene rings is 2. The normalized spacial score (nSPS) is 14.0. The van der Waals surface area contributed by atoms with E-state index in [0.29, 0.717) is 35.3 Å². The van der Waals surface area contributed by atoms with Crippen LogP contribution in [0.2, 0.25) is 5.02 Å². The van der Waals surface area contributed by atoms with Gasteiger partial charge in [-0.3, -0.25) is 13.9 Å². The maximum atomic E-state index is 13.7. The van der Waals surface area contributed by atoms with Crippen LogP contribution in [0.15, 0.2) is 42.5 Å². The van der Waals surface area contributed by atoms with Gasteiger partial charge in [-0.1, -0.05) is 23.7 Å². The fourth-order valence-corrected chi connectivity index (χ4v) is 5.06. The number of carbonyl (C=O) groups excluding carboxylic acids is 2. The fourth-order valence-electron chi connectivity index (χ4n) is 3.80. The summed E-state index contributed by atoms with van der Waals surface area (Å²) in [6, 6.07) is 10.8. The Morgan fingerprint density at radius 2 is 1.76 bits per heavy atom. The van der Waals surface area contributed by atoms with Crippen LogP contribution >= 0.6 is 11.6 Å². The van der Waals surface area contributed by atoms with E-state index < -0.39 is 34.1 Å². The predicted molar refractivity (Wildman–Crippen MR) is 144 cm³/mol. The van der Waals surface area contributed by atoms with E-state index in [4.69, 9.17) is 21.1 Å². The molecule has 1 heterocycles. The predicted octanol–water partition coefficient (Wildman–Crippen LogP) is 3.60. The van der Waals surface area contributed by atoms with E-state index in [1.54, 1.807) is 49.4 Å². The molecule has 1 aliphatic heterocycles. The lowest BCUT2D eigenvalue weighted by Crippen LogP contribution is -2.54. The minimum absolute atomic E-state index is 0.0687. The third-order valence-electron chi connectivity index (χ3n) is 5.70. The van der Waals surface area contributed by atoms with Crippen LogP contribution in [0.5, 0.6) is 11.5 Å². The number of fused-ring (bicyclic) bond motifs is 1. The standard InChI is InChI=1S/C26H34ClN3O6S/c1-6-37(33,34)30(21-10-11-22-23(15-21)36-13-12-35-22)17-24(31)29(16-19-8-7-9-20(27)14-19)18(2)25(32)28-26(3,4)5/h7-11,14-15,18H,6,12-13,16-17H2,1-5H3,(H,28,32)/t18-/m1/s1. The molecule has 0 radical (unpaired) electrons. The van der Waals surface area contributed by atoms with Crippen molar-refractivity contribution in [3.05, 3.63) is 53.1 Å². The topological polar surface area (TPSA) is 105 Å². The van der Waals surface area contributed by atoms with E-state index in [1.807, 2.05) is 20.8 Å². The highest BCUT2D eigenvalue weighted by Gasteiger charge is 2.32.